The predicted octanol–water partition coefficient (Wildman–Crippen LogP) is 2.93. The zero-order valence-corrected chi connectivity index (χ0v) is 13.7. The van der Waals surface area contributed by atoms with Crippen molar-refractivity contribution in [2.24, 2.45) is 5.73 Å². The van der Waals surface area contributed by atoms with Crippen LogP contribution >= 0.6 is 12.2 Å². The molecule has 4 nitrogen and oxygen atoms in total. The molecule has 0 saturated heterocycles. The Hall–Kier alpha value is -2.01. The minimum absolute atomic E-state index is 0.0313. The van der Waals surface area contributed by atoms with Crippen LogP contribution in [0.15, 0.2) is 30.4 Å². The van der Waals surface area contributed by atoms with E-state index in [0.717, 1.165) is 24.1 Å². The highest BCUT2D eigenvalue weighted by Gasteiger charge is 2.27. The quantitative estimate of drug-likeness (QED) is 0.670. The molecule has 0 bridgehead atoms. The largest absolute Gasteiger partial charge is 0.366 e. The highest BCUT2D eigenvalue weighted by Crippen LogP contribution is 2.31. The second-order valence-electron chi connectivity index (χ2n) is 5.60. The fraction of sp³-hybridized carbons (Fsp3) is 0.353. The van der Waals surface area contributed by atoms with Crippen LogP contribution in [0.25, 0.3) is 0 Å². The molecule has 2 N–H and O–H groups in total. The summed E-state index contributed by atoms with van der Waals surface area (Å²) in [6, 6.07) is 5.87. The van der Waals surface area contributed by atoms with E-state index in [4.69, 9.17) is 18.0 Å². The minimum atomic E-state index is -0.432. The number of benzene rings is 1. The molecule has 5 heteroatoms. The van der Waals surface area contributed by atoms with Gasteiger partial charge in [-0.3, -0.25) is 9.59 Å². The maximum absolute atomic E-state index is 11.3. The van der Waals surface area contributed by atoms with E-state index in [1.165, 1.54) is 19.4 Å². The van der Waals surface area contributed by atoms with Crippen LogP contribution < -0.4 is 10.6 Å². The zero-order chi connectivity index (χ0) is 16.3. The molecule has 1 aromatic carbocycles. The van der Waals surface area contributed by atoms with Gasteiger partial charge in [-0.15, -0.1) is 0 Å². The van der Waals surface area contributed by atoms with Crippen LogP contribution in [0.2, 0.25) is 0 Å². The smallest absolute Gasteiger partial charge is 0.248 e. The third kappa shape index (κ3) is 3.60. The Balaban J connectivity index is 2.33. The van der Waals surface area contributed by atoms with E-state index >= 15 is 0 Å². The van der Waals surface area contributed by atoms with Gasteiger partial charge in [0, 0.05) is 17.3 Å². The number of allylic oxidation sites excluding steroid dienone is 1. The molecule has 0 radical (unpaired) electrons. The first kappa shape index (κ1) is 16.4. The first-order valence-electron chi connectivity index (χ1n) is 7.32. The number of hydrogen-bond donors (Lipinski definition) is 1. The molecule has 0 heterocycles. The summed E-state index contributed by atoms with van der Waals surface area (Å²) in [5, 5.41) is 0. The lowest BCUT2D eigenvalue weighted by Gasteiger charge is -2.39. The topological polar surface area (TPSA) is 63.4 Å². The molecule has 1 amide bonds. The van der Waals surface area contributed by atoms with E-state index in [-0.39, 0.29) is 5.78 Å². The second-order valence-corrected chi connectivity index (χ2v) is 6.02. The lowest BCUT2D eigenvalue weighted by molar-refractivity contribution is -0.112. The van der Waals surface area contributed by atoms with Crippen molar-refractivity contribution >= 4 is 34.6 Å². The molecule has 1 fully saturated rings. The summed E-state index contributed by atoms with van der Waals surface area (Å²) in [5.74, 6) is -0.463. The van der Waals surface area contributed by atoms with Crippen LogP contribution in [-0.2, 0) is 4.79 Å². The normalized spacial score (nSPS) is 14.6. The molecule has 0 unspecified atom stereocenters. The number of carbonyl (C=O) groups is 2. The van der Waals surface area contributed by atoms with Gasteiger partial charge in [0.1, 0.15) is 4.99 Å². The molecule has 1 aliphatic rings. The number of nitrogens with two attached hydrogens (primary N) is 1. The van der Waals surface area contributed by atoms with E-state index in [9.17, 15) is 9.59 Å². The van der Waals surface area contributed by atoms with Crippen molar-refractivity contribution < 1.29 is 9.59 Å². The summed E-state index contributed by atoms with van der Waals surface area (Å²) in [6.45, 7) is 3.36. The molecular weight excluding hydrogens is 296 g/mol. The molecule has 22 heavy (non-hydrogen) atoms. The lowest BCUT2D eigenvalue weighted by Crippen LogP contribution is -2.43. The maximum Gasteiger partial charge on any atom is 0.248 e. The van der Waals surface area contributed by atoms with Gasteiger partial charge in [-0.1, -0.05) is 12.2 Å². The Morgan fingerprint density at radius 3 is 2.45 bits per heavy atom. The summed E-state index contributed by atoms with van der Waals surface area (Å²) in [6.07, 6.45) is 6.49. The standard InChI is InChI=1S/C17H20N2O2S/c1-11-10-14(7-8-15(11)17(18)21)19(13-4-3-5-13)16(22)9-6-12(2)20/h6-10,13H,3-5H2,1-2H3,(H2,18,21)/b9-6-. The first-order chi connectivity index (χ1) is 10.4. The third-order valence-electron chi connectivity index (χ3n) is 3.89. The molecule has 116 valence electrons. The van der Waals surface area contributed by atoms with Crippen molar-refractivity contribution in [3.63, 3.8) is 0 Å². The fourth-order valence-corrected chi connectivity index (χ4v) is 2.83. The van der Waals surface area contributed by atoms with Crippen LogP contribution in [0.4, 0.5) is 5.69 Å². The van der Waals surface area contributed by atoms with Crippen LogP contribution in [-0.4, -0.2) is 22.7 Å². The van der Waals surface area contributed by atoms with Crippen molar-refractivity contribution in [2.45, 2.75) is 39.2 Å². The molecule has 1 aliphatic carbocycles. The highest BCUT2D eigenvalue weighted by molar-refractivity contribution is 7.81. The number of nitrogens with zero attached hydrogens (tertiary/aromatic N) is 1. The van der Waals surface area contributed by atoms with Gasteiger partial charge in [-0.25, -0.2) is 0 Å². The molecule has 1 aromatic rings. The molecule has 2 rings (SSSR count). The zero-order valence-electron chi connectivity index (χ0n) is 12.8. The number of carbonyl (C=O) groups excluding carboxylic acids is 2. The first-order valence-corrected chi connectivity index (χ1v) is 7.73. The number of amides is 1. The predicted molar refractivity (Wildman–Crippen MR) is 92.2 cm³/mol. The van der Waals surface area contributed by atoms with Crippen molar-refractivity contribution in [1.29, 1.82) is 0 Å². The Labute approximate surface area is 136 Å². The highest BCUT2D eigenvalue weighted by atomic mass is 32.1. The van der Waals surface area contributed by atoms with Crippen LogP contribution in [0.5, 0.6) is 0 Å². The van der Waals surface area contributed by atoms with Crippen molar-refractivity contribution in [2.75, 3.05) is 4.90 Å². The molecule has 0 atom stereocenters. The number of primary amides is 1. The number of rotatable bonds is 5. The maximum atomic E-state index is 11.3. The summed E-state index contributed by atoms with van der Waals surface area (Å²) in [7, 11) is 0. The summed E-state index contributed by atoms with van der Waals surface area (Å²) in [5.41, 5.74) is 7.63. The summed E-state index contributed by atoms with van der Waals surface area (Å²) < 4.78 is 0. The van der Waals surface area contributed by atoms with E-state index in [1.54, 1.807) is 12.1 Å². The Morgan fingerprint density at radius 2 is 2.00 bits per heavy atom. The van der Waals surface area contributed by atoms with Gasteiger partial charge in [0.2, 0.25) is 5.91 Å². The SMILES string of the molecule is CC(=O)/C=C\C(=S)N(c1ccc(C(N)=O)c(C)c1)C1CCC1. The van der Waals surface area contributed by atoms with Crippen LogP contribution in [0.3, 0.4) is 0 Å². The van der Waals surface area contributed by atoms with E-state index < -0.39 is 5.91 Å². The Morgan fingerprint density at radius 1 is 1.32 bits per heavy atom. The average Bonchev–Trinajstić information content (AvgIpc) is 2.39. The van der Waals surface area contributed by atoms with Crippen molar-refractivity contribution in [3.05, 3.63) is 41.5 Å². The number of hydrogen-bond acceptors (Lipinski definition) is 3. The van der Waals surface area contributed by atoms with E-state index in [1.807, 2.05) is 19.1 Å². The Kier molecular flexibility index (Phi) is 5.08. The molecule has 0 spiro atoms. The Bertz CT molecular complexity index is 648. The van der Waals surface area contributed by atoms with Crippen molar-refractivity contribution in [3.8, 4) is 0 Å². The van der Waals surface area contributed by atoms with Crippen LogP contribution in [0.1, 0.15) is 42.1 Å². The monoisotopic (exact) mass is 316 g/mol. The molecule has 1 saturated carbocycles. The van der Waals surface area contributed by atoms with E-state index in [2.05, 4.69) is 4.90 Å². The second kappa shape index (κ2) is 6.83. The van der Waals surface area contributed by atoms with Crippen molar-refractivity contribution in [1.82, 2.24) is 0 Å². The fourth-order valence-electron chi connectivity index (χ4n) is 2.51. The van der Waals surface area contributed by atoms with Gasteiger partial charge in [0.25, 0.3) is 0 Å². The molecule has 0 aliphatic heterocycles. The van der Waals surface area contributed by atoms with Gasteiger partial charge >= 0.3 is 0 Å². The number of anilines is 1. The van der Waals surface area contributed by atoms with Gasteiger partial charge in [-0.05, 0) is 69.0 Å². The third-order valence-corrected chi connectivity index (χ3v) is 4.22. The van der Waals surface area contributed by atoms with Gasteiger partial charge in [-0.2, -0.15) is 0 Å². The lowest BCUT2D eigenvalue weighted by atomic mass is 9.90. The van der Waals surface area contributed by atoms with Gasteiger partial charge < -0.3 is 10.6 Å². The van der Waals surface area contributed by atoms with E-state index in [0.29, 0.717) is 16.6 Å². The summed E-state index contributed by atoms with van der Waals surface area (Å²) in [4.78, 5) is 25.2. The van der Waals surface area contributed by atoms with Gasteiger partial charge in [0.15, 0.2) is 5.78 Å². The number of ketones is 1. The van der Waals surface area contributed by atoms with Gasteiger partial charge in [0.05, 0.1) is 0 Å². The molecular formula is C17H20N2O2S. The van der Waals surface area contributed by atoms with Crippen LogP contribution in [0, 0.1) is 6.92 Å². The minimum Gasteiger partial charge on any atom is -0.366 e. The molecule has 0 aromatic heterocycles. The number of thiocarbonyl (C=S) groups is 1. The summed E-state index contributed by atoms with van der Waals surface area (Å²) >= 11 is 5.48. The average molecular weight is 316 g/mol. The number of aryl methyl sites for hydroxylation is 1.